The first-order valence-electron chi connectivity index (χ1n) is 6.27. The number of nitrogens with one attached hydrogen (secondary N) is 1. The molecule has 6 heteroatoms. The van der Waals surface area contributed by atoms with Crippen LogP contribution >= 0.6 is 22.9 Å². The molecule has 0 saturated carbocycles. The van der Waals surface area contributed by atoms with Gasteiger partial charge in [0.05, 0.1) is 19.2 Å². The third-order valence-corrected chi connectivity index (χ3v) is 4.22. The first-order valence-corrected chi connectivity index (χ1v) is 7.47. The van der Waals surface area contributed by atoms with Crippen molar-refractivity contribution < 1.29 is 9.47 Å². The quantitative estimate of drug-likeness (QED) is 0.885. The second kappa shape index (κ2) is 6.92. The van der Waals surface area contributed by atoms with Gasteiger partial charge in [-0.1, -0.05) is 18.5 Å². The van der Waals surface area contributed by atoms with Gasteiger partial charge in [-0.15, -0.1) is 11.3 Å². The van der Waals surface area contributed by atoms with Gasteiger partial charge in [0.25, 0.3) is 0 Å². The zero-order valence-corrected chi connectivity index (χ0v) is 13.3. The summed E-state index contributed by atoms with van der Waals surface area (Å²) in [6.45, 7) is 3.83. The van der Waals surface area contributed by atoms with Gasteiger partial charge >= 0.3 is 0 Å². The Kier molecular flexibility index (Phi) is 5.23. The Hall–Kier alpha value is -1.30. The lowest BCUT2D eigenvalue weighted by atomic mass is 10.2. The van der Waals surface area contributed by atoms with E-state index in [4.69, 9.17) is 21.1 Å². The zero-order valence-electron chi connectivity index (χ0n) is 11.7. The second-order valence-corrected chi connectivity index (χ2v) is 5.57. The van der Waals surface area contributed by atoms with Crippen molar-refractivity contribution in [1.82, 2.24) is 10.3 Å². The molecule has 0 radical (unpaired) electrons. The van der Waals surface area contributed by atoms with Gasteiger partial charge in [-0.25, -0.2) is 4.98 Å². The van der Waals surface area contributed by atoms with Gasteiger partial charge in [-0.05, 0) is 18.7 Å². The number of methoxy groups -OCH3 is 2. The van der Waals surface area contributed by atoms with Crippen molar-refractivity contribution in [3.05, 3.63) is 28.2 Å². The fourth-order valence-electron chi connectivity index (χ4n) is 1.82. The zero-order chi connectivity index (χ0) is 14.5. The second-order valence-electron chi connectivity index (χ2n) is 4.07. The van der Waals surface area contributed by atoms with Crippen LogP contribution in [-0.2, 0) is 6.54 Å². The van der Waals surface area contributed by atoms with E-state index in [1.54, 1.807) is 25.6 Å². The van der Waals surface area contributed by atoms with Crippen LogP contribution in [0.5, 0.6) is 11.5 Å². The summed E-state index contributed by atoms with van der Waals surface area (Å²) in [7, 11) is 3.16. The molecule has 4 nitrogen and oxygen atoms in total. The molecule has 0 aliphatic carbocycles. The molecule has 0 saturated heterocycles. The minimum Gasteiger partial charge on any atom is -0.493 e. The van der Waals surface area contributed by atoms with Crippen molar-refractivity contribution in [3.8, 4) is 22.1 Å². The average molecular weight is 313 g/mol. The van der Waals surface area contributed by atoms with Gasteiger partial charge in [0.15, 0.2) is 11.5 Å². The van der Waals surface area contributed by atoms with Crippen LogP contribution in [0.2, 0.25) is 5.02 Å². The van der Waals surface area contributed by atoms with Crippen molar-refractivity contribution >= 4 is 22.9 Å². The van der Waals surface area contributed by atoms with Crippen LogP contribution in [0.1, 0.15) is 11.8 Å². The molecule has 0 aliphatic heterocycles. The number of benzene rings is 1. The number of nitrogens with zero attached hydrogens (tertiary/aromatic N) is 1. The molecule has 2 rings (SSSR count). The van der Waals surface area contributed by atoms with Crippen molar-refractivity contribution in [2.75, 3.05) is 20.8 Å². The predicted molar refractivity (Wildman–Crippen MR) is 83.0 cm³/mol. The molecule has 20 heavy (non-hydrogen) atoms. The number of thiazole rings is 1. The van der Waals surface area contributed by atoms with E-state index in [1.807, 2.05) is 18.3 Å². The molecule has 0 bridgehead atoms. The molecule has 1 heterocycles. The fraction of sp³-hybridized carbons (Fsp3) is 0.357. The van der Waals surface area contributed by atoms with Crippen LogP contribution in [0, 0.1) is 0 Å². The molecular formula is C14H17ClN2O2S. The summed E-state index contributed by atoms with van der Waals surface area (Å²) in [5.41, 5.74) is 0.858. The van der Waals surface area contributed by atoms with Gasteiger partial charge in [0, 0.05) is 23.2 Å². The topological polar surface area (TPSA) is 43.4 Å². The van der Waals surface area contributed by atoms with Crippen molar-refractivity contribution in [2.24, 2.45) is 0 Å². The van der Waals surface area contributed by atoms with Crippen molar-refractivity contribution in [3.63, 3.8) is 0 Å². The van der Waals surface area contributed by atoms with Gasteiger partial charge < -0.3 is 14.8 Å². The van der Waals surface area contributed by atoms with Crippen LogP contribution in [0.4, 0.5) is 0 Å². The Morgan fingerprint density at radius 3 is 2.75 bits per heavy atom. The van der Waals surface area contributed by atoms with E-state index in [1.165, 1.54) is 4.88 Å². The minimum absolute atomic E-state index is 0.524. The Bertz CT molecular complexity index is 587. The Morgan fingerprint density at radius 1 is 1.30 bits per heavy atom. The maximum atomic E-state index is 6.39. The Balaban J connectivity index is 2.35. The first-order chi connectivity index (χ1) is 9.71. The molecule has 0 atom stereocenters. The SMILES string of the molecule is CCNCc1cnc(-c2ccc(OC)c(OC)c2Cl)s1. The highest BCUT2D eigenvalue weighted by atomic mass is 35.5. The number of hydrogen-bond acceptors (Lipinski definition) is 5. The van der Waals surface area contributed by atoms with E-state index in [0.717, 1.165) is 23.7 Å². The lowest BCUT2D eigenvalue weighted by Gasteiger charge is -2.11. The number of ether oxygens (including phenoxy) is 2. The maximum absolute atomic E-state index is 6.39. The summed E-state index contributed by atoms with van der Waals surface area (Å²) in [5, 5.41) is 4.68. The van der Waals surface area contributed by atoms with E-state index in [9.17, 15) is 0 Å². The van der Waals surface area contributed by atoms with E-state index in [-0.39, 0.29) is 0 Å². The first kappa shape index (κ1) is 15.1. The highest BCUT2D eigenvalue weighted by Crippen LogP contribution is 2.42. The van der Waals surface area contributed by atoms with E-state index < -0.39 is 0 Å². The third-order valence-electron chi connectivity index (χ3n) is 2.82. The van der Waals surface area contributed by atoms with Crippen molar-refractivity contribution in [1.29, 1.82) is 0 Å². The third kappa shape index (κ3) is 3.06. The highest BCUT2D eigenvalue weighted by molar-refractivity contribution is 7.15. The Morgan fingerprint density at radius 2 is 2.10 bits per heavy atom. The van der Waals surface area contributed by atoms with Gasteiger partial charge in [-0.2, -0.15) is 0 Å². The molecule has 1 aromatic carbocycles. The van der Waals surface area contributed by atoms with Crippen LogP contribution in [0.3, 0.4) is 0 Å². The van der Waals surface area contributed by atoms with Gasteiger partial charge in [0.2, 0.25) is 0 Å². The molecule has 0 spiro atoms. The summed E-state index contributed by atoms with van der Waals surface area (Å²) in [6.07, 6.45) is 1.87. The molecule has 108 valence electrons. The molecular weight excluding hydrogens is 296 g/mol. The molecule has 0 amide bonds. The standard InChI is InChI=1S/C14H17ClN2O2S/c1-4-16-7-9-8-17-14(20-9)10-5-6-11(18-2)13(19-3)12(10)15/h5-6,8,16H,4,7H2,1-3H3. The van der Waals surface area contributed by atoms with Gasteiger partial charge in [0.1, 0.15) is 5.01 Å². The average Bonchev–Trinajstić information content (AvgIpc) is 2.93. The van der Waals surface area contributed by atoms with Crippen LogP contribution in [0.15, 0.2) is 18.3 Å². The smallest absolute Gasteiger partial charge is 0.180 e. The van der Waals surface area contributed by atoms with E-state index in [0.29, 0.717) is 16.5 Å². The molecule has 1 aromatic heterocycles. The molecule has 0 aliphatic rings. The summed E-state index contributed by atoms with van der Waals surface area (Å²) in [6, 6.07) is 3.74. The molecule has 0 unspecified atom stereocenters. The number of halogens is 1. The van der Waals surface area contributed by atoms with Crippen LogP contribution in [-0.4, -0.2) is 25.7 Å². The monoisotopic (exact) mass is 312 g/mol. The lowest BCUT2D eigenvalue weighted by Crippen LogP contribution is -2.10. The van der Waals surface area contributed by atoms with E-state index >= 15 is 0 Å². The van der Waals surface area contributed by atoms with Crippen LogP contribution < -0.4 is 14.8 Å². The summed E-state index contributed by atoms with van der Waals surface area (Å²) < 4.78 is 10.5. The maximum Gasteiger partial charge on any atom is 0.180 e. The number of hydrogen-bond donors (Lipinski definition) is 1. The lowest BCUT2D eigenvalue weighted by molar-refractivity contribution is 0.355. The Labute approximate surface area is 127 Å². The normalized spacial score (nSPS) is 10.6. The largest absolute Gasteiger partial charge is 0.493 e. The summed E-state index contributed by atoms with van der Waals surface area (Å²) >= 11 is 8.01. The highest BCUT2D eigenvalue weighted by Gasteiger charge is 2.16. The molecule has 2 aromatic rings. The minimum atomic E-state index is 0.524. The molecule has 0 fully saturated rings. The summed E-state index contributed by atoms with van der Waals surface area (Å²) in [5.74, 6) is 1.15. The fourth-order valence-corrected chi connectivity index (χ4v) is 3.11. The number of rotatable bonds is 6. The van der Waals surface area contributed by atoms with Crippen LogP contribution in [0.25, 0.3) is 10.6 Å². The van der Waals surface area contributed by atoms with Crippen molar-refractivity contribution in [2.45, 2.75) is 13.5 Å². The molecule has 1 N–H and O–H groups in total. The van der Waals surface area contributed by atoms with Gasteiger partial charge in [-0.3, -0.25) is 0 Å². The summed E-state index contributed by atoms with van der Waals surface area (Å²) in [4.78, 5) is 5.60. The predicted octanol–water partition coefficient (Wildman–Crippen LogP) is 3.59. The number of aromatic nitrogens is 1. The van der Waals surface area contributed by atoms with E-state index in [2.05, 4.69) is 17.2 Å².